The van der Waals surface area contributed by atoms with Gasteiger partial charge in [-0.15, -0.1) is 0 Å². The van der Waals surface area contributed by atoms with Crippen LogP contribution in [0.15, 0.2) is 0 Å². The Morgan fingerprint density at radius 3 is 2.81 bits per heavy atom. The number of fused-ring (bicyclic) bond motifs is 4. The second-order valence-electron chi connectivity index (χ2n) is 8.90. The topological polar surface area (TPSA) is 77.4 Å². The molecule has 0 radical (unpaired) electrons. The summed E-state index contributed by atoms with van der Waals surface area (Å²) in [5, 5.41) is 10.1. The second-order valence-corrected chi connectivity index (χ2v) is 9.27. The quantitative estimate of drug-likeness (QED) is 0.666. The Labute approximate surface area is 184 Å². The van der Waals surface area contributed by atoms with Crippen LogP contribution in [0.1, 0.15) is 32.1 Å². The number of alkyl halides is 1. The van der Waals surface area contributed by atoms with Gasteiger partial charge in [-0.1, -0.05) is 11.6 Å². The van der Waals surface area contributed by atoms with Crippen LogP contribution in [-0.2, 0) is 0 Å². The largest absolute Gasteiger partial charge is 0.461 e. The van der Waals surface area contributed by atoms with Crippen molar-refractivity contribution in [1.82, 2.24) is 20.2 Å². The normalized spacial score (nSPS) is 28.2. The fourth-order valence-electron chi connectivity index (χ4n) is 5.56. The number of nitrogens with one attached hydrogen (secondary N) is 2. The highest BCUT2D eigenvalue weighted by Gasteiger charge is 2.45. The molecule has 2 atom stereocenters. The molecule has 5 heterocycles. The minimum Gasteiger partial charge on any atom is -0.461 e. The predicted octanol–water partition coefficient (Wildman–Crippen LogP) is 1.08. The summed E-state index contributed by atoms with van der Waals surface area (Å²) >= 11 is 5.66. The molecular weight excluding hydrogens is 426 g/mol. The molecule has 5 rings (SSSR count). The van der Waals surface area contributed by atoms with E-state index < -0.39 is 17.2 Å². The molecule has 0 bridgehead atoms. The maximum absolute atomic E-state index is 14.9. The molecule has 0 saturated carbocycles. The fourth-order valence-corrected chi connectivity index (χ4v) is 5.65. The van der Waals surface area contributed by atoms with Crippen molar-refractivity contribution in [2.24, 2.45) is 0 Å². The van der Waals surface area contributed by atoms with Crippen LogP contribution in [0.25, 0.3) is 11.9 Å². The fraction of sp³-hybridized carbons (Fsp3) is 0.667. The second kappa shape index (κ2) is 8.26. The van der Waals surface area contributed by atoms with Crippen molar-refractivity contribution in [3.63, 3.8) is 0 Å². The Balaban J connectivity index is 1.58. The van der Waals surface area contributed by atoms with Crippen LogP contribution in [0.3, 0.4) is 0 Å². The van der Waals surface area contributed by atoms with E-state index in [-0.39, 0.29) is 34.6 Å². The molecule has 31 heavy (non-hydrogen) atoms. The molecule has 0 aromatic carbocycles. The van der Waals surface area contributed by atoms with Gasteiger partial charge < -0.3 is 15.0 Å². The number of anilines is 1. The molecule has 2 unspecified atom stereocenters. The Hall–Kier alpha value is -1.84. The van der Waals surface area contributed by atoms with Crippen LogP contribution < -0.4 is 25.5 Å². The van der Waals surface area contributed by atoms with Gasteiger partial charge in [0, 0.05) is 37.3 Å². The zero-order valence-corrected chi connectivity index (χ0v) is 18.1. The smallest absolute Gasteiger partial charge is 0.319 e. The van der Waals surface area contributed by atoms with E-state index >= 15 is 0 Å². The maximum atomic E-state index is 14.9. The van der Waals surface area contributed by atoms with Gasteiger partial charge in [0.05, 0.1) is 5.54 Å². The Kier molecular flexibility index (Phi) is 5.60. The number of rotatable bonds is 4. The molecule has 0 aliphatic carbocycles. The van der Waals surface area contributed by atoms with E-state index in [9.17, 15) is 8.78 Å². The van der Waals surface area contributed by atoms with Crippen LogP contribution >= 0.6 is 11.6 Å². The lowest BCUT2D eigenvalue weighted by Crippen LogP contribution is -2.54. The Bertz CT molecular complexity index is 994. The summed E-state index contributed by atoms with van der Waals surface area (Å²) in [6.07, 6.45) is 4.76. The molecule has 168 valence electrons. The number of ether oxygens (including phenoxy) is 1. The highest BCUT2D eigenvalue weighted by Crippen LogP contribution is 2.38. The predicted molar refractivity (Wildman–Crippen MR) is 116 cm³/mol. The molecule has 3 fully saturated rings. The summed E-state index contributed by atoms with van der Waals surface area (Å²) in [6, 6.07) is -0.0490. The number of hydrogen-bond acceptors (Lipinski definition) is 7. The molecule has 10 heteroatoms. The van der Waals surface area contributed by atoms with E-state index in [2.05, 4.69) is 20.2 Å². The van der Waals surface area contributed by atoms with Gasteiger partial charge in [0.25, 0.3) is 0 Å². The number of hydrogen-bond donors (Lipinski definition) is 2. The van der Waals surface area contributed by atoms with Crippen molar-refractivity contribution >= 4 is 34.5 Å². The van der Waals surface area contributed by atoms with Gasteiger partial charge in [0.1, 0.15) is 23.9 Å². The van der Waals surface area contributed by atoms with Gasteiger partial charge in [-0.25, -0.2) is 8.78 Å². The first-order chi connectivity index (χ1) is 15.0. The van der Waals surface area contributed by atoms with Gasteiger partial charge >= 0.3 is 6.01 Å². The van der Waals surface area contributed by atoms with Gasteiger partial charge in [-0.05, 0) is 44.8 Å². The molecule has 4 aliphatic heterocycles. The van der Waals surface area contributed by atoms with E-state index in [0.717, 1.165) is 45.3 Å². The molecule has 2 N–H and O–H groups in total. The molecule has 0 spiro atoms. The van der Waals surface area contributed by atoms with Crippen LogP contribution in [-0.4, -0.2) is 77.1 Å². The van der Waals surface area contributed by atoms with Crippen molar-refractivity contribution < 1.29 is 13.5 Å². The summed E-state index contributed by atoms with van der Waals surface area (Å²) in [7, 11) is 0. The number of piperazine rings is 1. The van der Waals surface area contributed by atoms with Gasteiger partial charge in [0.15, 0.2) is 11.0 Å². The lowest BCUT2D eigenvalue weighted by molar-refractivity contribution is 0.107. The third kappa shape index (κ3) is 3.81. The highest BCUT2D eigenvalue weighted by molar-refractivity contribution is 6.73. The van der Waals surface area contributed by atoms with E-state index in [1.54, 1.807) is 0 Å². The standard InChI is InChI=1S/C21H27ClF2N6O/c22-18(25)16(24)17-15-10-13(23)9-14-11-26-5-8-30(14)19(15)28-20(27-17)31-12-21-3-1-6-29(21)7-2-4-21/h10,13-14,25-26H,1-9,11-12H2/b17-16-,25-18?. The molecule has 7 nitrogen and oxygen atoms in total. The number of nitrogens with zero attached hydrogens (tertiary/aromatic N) is 4. The Morgan fingerprint density at radius 2 is 2.06 bits per heavy atom. The van der Waals surface area contributed by atoms with E-state index in [1.807, 2.05) is 4.90 Å². The summed E-state index contributed by atoms with van der Waals surface area (Å²) < 4.78 is 35.7. The lowest BCUT2D eigenvalue weighted by Gasteiger charge is -2.36. The minimum atomic E-state index is -1.27. The minimum absolute atomic E-state index is 0.00843. The molecule has 0 amide bonds. The van der Waals surface area contributed by atoms with E-state index in [1.165, 1.54) is 6.08 Å². The maximum Gasteiger partial charge on any atom is 0.319 e. The van der Waals surface area contributed by atoms with Gasteiger partial charge in [-0.3, -0.25) is 10.3 Å². The monoisotopic (exact) mass is 452 g/mol. The van der Waals surface area contributed by atoms with Crippen molar-refractivity contribution in [2.45, 2.75) is 49.9 Å². The molecule has 3 saturated heterocycles. The van der Waals surface area contributed by atoms with Gasteiger partial charge in [0.2, 0.25) is 0 Å². The Morgan fingerprint density at radius 1 is 1.29 bits per heavy atom. The van der Waals surface area contributed by atoms with Crippen molar-refractivity contribution in [3.05, 3.63) is 10.6 Å². The van der Waals surface area contributed by atoms with E-state index in [0.29, 0.717) is 25.5 Å². The van der Waals surface area contributed by atoms with Crippen molar-refractivity contribution in [3.8, 4) is 6.01 Å². The molecular formula is C21H27ClF2N6O. The first-order valence-corrected chi connectivity index (χ1v) is 11.4. The first-order valence-electron chi connectivity index (χ1n) is 11.0. The van der Waals surface area contributed by atoms with Crippen molar-refractivity contribution in [1.29, 1.82) is 5.41 Å². The van der Waals surface area contributed by atoms with Crippen LogP contribution in [0.5, 0.6) is 6.01 Å². The molecule has 4 aliphatic rings. The molecule has 1 aromatic heterocycles. The third-order valence-electron chi connectivity index (χ3n) is 7.05. The summed E-state index contributed by atoms with van der Waals surface area (Å²) in [5.74, 6) is -0.546. The van der Waals surface area contributed by atoms with Crippen molar-refractivity contribution in [2.75, 3.05) is 44.2 Å². The zero-order valence-electron chi connectivity index (χ0n) is 17.3. The average molecular weight is 453 g/mol. The summed E-state index contributed by atoms with van der Waals surface area (Å²) in [5.41, 5.74) is -0.00843. The lowest BCUT2D eigenvalue weighted by atomic mass is 9.95. The first kappa shape index (κ1) is 21.0. The van der Waals surface area contributed by atoms with Crippen LogP contribution in [0.4, 0.5) is 14.6 Å². The SMILES string of the molecule is N=C(Cl)/C(F)=c1/nc(OCC23CCCN2CCC3)nc2c1=CC(F)CC1CNCCN21. The number of aromatic nitrogens is 2. The third-order valence-corrected chi connectivity index (χ3v) is 7.22. The van der Waals surface area contributed by atoms with Gasteiger partial charge in [-0.2, -0.15) is 9.97 Å². The average Bonchev–Trinajstić information content (AvgIpc) is 3.29. The number of halogens is 3. The highest BCUT2D eigenvalue weighted by atomic mass is 35.5. The molecule has 1 aromatic rings. The van der Waals surface area contributed by atoms with E-state index in [4.69, 9.17) is 21.7 Å². The van der Waals surface area contributed by atoms with Crippen LogP contribution in [0.2, 0.25) is 0 Å². The summed E-state index contributed by atoms with van der Waals surface area (Å²) in [4.78, 5) is 13.3. The summed E-state index contributed by atoms with van der Waals surface area (Å²) in [6.45, 7) is 4.54. The van der Waals surface area contributed by atoms with Crippen LogP contribution in [0, 0.1) is 5.41 Å². The zero-order chi connectivity index (χ0) is 21.6.